The lowest BCUT2D eigenvalue weighted by molar-refractivity contribution is 0.0766. The topological polar surface area (TPSA) is 69.7 Å². The van der Waals surface area contributed by atoms with E-state index in [4.69, 9.17) is 0 Å². The van der Waals surface area contributed by atoms with Crippen molar-refractivity contribution in [3.8, 4) is 0 Å². The first kappa shape index (κ1) is 22.0. The fraction of sp³-hybridized carbons (Fsp3) is 0.476. The van der Waals surface area contributed by atoms with Crippen molar-refractivity contribution >= 4 is 27.3 Å². The molecule has 158 valence electrons. The molecule has 8 heteroatoms. The first-order chi connectivity index (χ1) is 13.8. The van der Waals surface area contributed by atoms with E-state index in [0.29, 0.717) is 13.0 Å². The van der Waals surface area contributed by atoms with Gasteiger partial charge in [0.2, 0.25) is 10.0 Å². The number of carbonyl (C=O) groups is 1. The standard InChI is InChI=1S/C21H29N3O3S2/c1-17-6-3-4-7-18(17)16-23-12-5-13-24(15-14-23)21(25)20-9-8-19(28-20)10-11-22-29(2,26)27/h3-4,6-9,22H,5,10-16H2,1-2H3. The molecule has 29 heavy (non-hydrogen) atoms. The third kappa shape index (κ3) is 6.64. The van der Waals surface area contributed by atoms with E-state index >= 15 is 0 Å². The molecule has 6 nitrogen and oxygen atoms in total. The normalized spacial score (nSPS) is 16.0. The molecule has 1 aliphatic rings. The molecular formula is C21H29N3O3S2. The molecule has 1 N–H and O–H groups in total. The van der Waals surface area contributed by atoms with Gasteiger partial charge in [-0.1, -0.05) is 24.3 Å². The molecule has 2 aromatic rings. The van der Waals surface area contributed by atoms with Crippen molar-refractivity contribution in [2.75, 3.05) is 39.0 Å². The second-order valence-corrected chi connectivity index (χ2v) is 10.5. The highest BCUT2D eigenvalue weighted by atomic mass is 32.2. The fourth-order valence-electron chi connectivity index (χ4n) is 3.50. The van der Waals surface area contributed by atoms with E-state index in [-0.39, 0.29) is 5.91 Å². The van der Waals surface area contributed by atoms with E-state index in [9.17, 15) is 13.2 Å². The maximum absolute atomic E-state index is 12.9. The Hall–Kier alpha value is -1.74. The Morgan fingerprint density at radius 1 is 1.10 bits per heavy atom. The van der Waals surface area contributed by atoms with Crippen molar-refractivity contribution < 1.29 is 13.2 Å². The lowest BCUT2D eigenvalue weighted by Crippen LogP contribution is -2.34. The third-order valence-corrected chi connectivity index (χ3v) is 7.00. The van der Waals surface area contributed by atoms with Gasteiger partial charge in [0.25, 0.3) is 5.91 Å². The minimum atomic E-state index is -3.18. The molecule has 0 spiro atoms. The monoisotopic (exact) mass is 435 g/mol. The van der Waals surface area contributed by atoms with Gasteiger partial charge in [0.1, 0.15) is 0 Å². The van der Waals surface area contributed by atoms with Crippen molar-refractivity contribution in [1.82, 2.24) is 14.5 Å². The molecule has 0 radical (unpaired) electrons. The summed E-state index contributed by atoms with van der Waals surface area (Å²) in [4.78, 5) is 19.0. The number of carbonyl (C=O) groups excluding carboxylic acids is 1. The molecule has 1 aromatic carbocycles. The maximum Gasteiger partial charge on any atom is 0.263 e. The molecule has 1 aliphatic heterocycles. The molecule has 1 saturated heterocycles. The summed E-state index contributed by atoms with van der Waals surface area (Å²) in [7, 11) is -3.18. The number of hydrogen-bond donors (Lipinski definition) is 1. The zero-order valence-corrected chi connectivity index (χ0v) is 18.7. The molecule has 2 heterocycles. The second-order valence-electron chi connectivity index (χ2n) is 7.53. The van der Waals surface area contributed by atoms with Crippen molar-refractivity contribution in [1.29, 1.82) is 0 Å². The average molecular weight is 436 g/mol. The van der Waals surface area contributed by atoms with Crippen LogP contribution in [0.2, 0.25) is 0 Å². The van der Waals surface area contributed by atoms with E-state index in [0.717, 1.165) is 55.2 Å². The van der Waals surface area contributed by atoms with Gasteiger partial charge in [-0.25, -0.2) is 13.1 Å². The van der Waals surface area contributed by atoms with Crippen LogP contribution in [0.4, 0.5) is 0 Å². The zero-order valence-electron chi connectivity index (χ0n) is 17.1. The van der Waals surface area contributed by atoms with Gasteiger partial charge in [-0.15, -0.1) is 11.3 Å². The molecule has 0 unspecified atom stereocenters. The summed E-state index contributed by atoms with van der Waals surface area (Å²) in [6.07, 6.45) is 2.71. The molecule has 1 amide bonds. The lowest BCUT2D eigenvalue weighted by atomic mass is 10.1. The number of nitrogens with zero attached hydrogens (tertiary/aromatic N) is 2. The Bertz CT molecular complexity index is 940. The van der Waals surface area contributed by atoms with Gasteiger partial charge in [-0.05, 0) is 43.0 Å². The lowest BCUT2D eigenvalue weighted by Gasteiger charge is -2.22. The largest absolute Gasteiger partial charge is 0.337 e. The van der Waals surface area contributed by atoms with Crippen LogP contribution in [0.3, 0.4) is 0 Å². The van der Waals surface area contributed by atoms with Gasteiger partial charge < -0.3 is 4.90 Å². The van der Waals surface area contributed by atoms with Gasteiger partial charge in [0, 0.05) is 44.1 Å². The number of amides is 1. The second kappa shape index (κ2) is 9.84. The first-order valence-corrected chi connectivity index (χ1v) is 12.6. The summed E-state index contributed by atoms with van der Waals surface area (Å²) < 4.78 is 24.8. The molecule has 3 rings (SSSR count). The van der Waals surface area contributed by atoms with Gasteiger partial charge in [-0.3, -0.25) is 9.69 Å². The van der Waals surface area contributed by atoms with Gasteiger partial charge in [0.05, 0.1) is 11.1 Å². The van der Waals surface area contributed by atoms with Gasteiger partial charge in [-0.2, -0.15) is 0 Å². The smallest absolute Gasteiger partial charge is 0.263 e. The molecule has 0 aliphatic carbocycles. The zero-order chi connectivity index (χ0) is 20.9. The van der Waals surface area contributed by atoms with E-state index in [1.54, 1.807) is 0 Å². The number of sulfonamides is 1. The Balaban J connectivity index is 1.53. The van der Waals surface area contributed by atoms with Crippen LogP contribution >= 0.6 is 11.3 Å². The number of benzene rings is 1. The van der Waals surface area contributed by atoms with E-state index in [1.807, 2.05) is 17.0 Å². The number of hydrogen-bond acceptors (Lipinski definition) is 5. The van der Waals surface area contributed by atoms with Gasteiger partial charge >= 0.3 is 0 Å². The predicted molar refractivity (Wildman–Crippen MR) is 118 cm³/mol. The predicted octanol–water partition coefficient (Wildman–Crippen LogP) is 2.50. The molecule has 0 saturated carbocycles. The number of rotatable bonds is 7. The molecule has 1 fully saturated rings. The summed E-state index contributed by atoms with van der Waals surface area (Å²) in [6.45, 7) is 6.78. The minimum Gasteiger partial charge on any atom is -0.337 e. The molecule has 1 aromatic heterocycles. The highest BCUT2D eigenvalue weighted by molar-refractivity contribution is 7.88. The Morgan fingerprint density at radius 2 is 1.90 bits per heavy atom. The molecule has 0 atom stereocenters. The number of aryl methyl sites for hydroxylation is 1. The quantitative estimate of drug-likeness (QED) is 0.726. The van der Waals surface area contributed by atoms with Crippen LogP contribution in [0.5, 0.6) is 0 Å². The highest BCUT2D eigenvalue weighted by Gasteiger charge is 2.22. The SMILES string of the molecule is Cc1ccccc1CN1CCCN(C(=O)c2ccc(CCNS(C)(=O)=O)s2)CC1. The fourth-order valence-corrected chi connectivity index (χ4v) is 4.95. The average Bonchev–Trinajstić information content (AvgIpc) is 3.00. The highest BCUT2D eigenvalue weighted by Crippen LogP contribution is 2.20. The van der Waals surface area contributed by atoms with E-state index < -0.39 is 10.0 Å². The third-order valence-electron chi connectivity index (χ3n) is 5.14. The van der Waals surface area contributed by atoms with Crippen LogP contribution in [0.25, 0.3) is 0 Å². The maximum atomic E-state index is 12.9. The Labute approximate surface area is 177 Å². The molecule has 0 bridgehead atoms. The first-order valence-electron chi connectivity index (χ1n) is 9.91. The van der Waals surface area contributed by atoms with Crippen molar-refractivity contribution in [3.63, 3.8) is 0 Å². The van der Waals surface area contributed by atoms with Crippen LogP contribution in [-0.2, 0) is 23.0 Å². The van der Waals surface area contributed by atoms with Gasteiger partial charge in [0.15, 0.2) is 0 Å². The summed E-state index contributed by atoms with van der Waals surface area (Å²) in [5.41, 5.74) is 2.65. The summed E-state index contributed by atoms with van der Waals surface area (Å²) in [5.74, 6) is 0.0788. The van der Waals surface area contributed by atoms with Crippen LogP contribution in [0, 0.1) is 6.92 Å². The summed E-state index contributed by atoms with van der Waals surface area (Å²) in [6, 6.07) is 12.2. The van der Waals surface area contributed by atoms with Crippen LogP contribution in [-0.4, -0.2) is 63.1 Å². The Morgan fingerprint density at radius 3 is 2.66 bits per heavy atom. The van der Waals surface area contributed by atoms with Crippen molar-refractivity contribution in [2.24, 2.45) is 0 Å². The van der Waals surface area contributed by atoms with Crippen LogP contribution in [0.1, 0.15) is 32.1 Å². The van der Waals surface area contributed by atoms with Crippen LogP contribution < -0.4 is 4.72 Å². The van der Waals surface area contributed by atoms with E-state index in [2.05, 4.69) is 40.8 Å². The minimum absolute atomic E-state index is 0.0788. The molecular weight excluding hydrogens is 406 g/mol. The van der Waals surface area contributed by atoms with Crippen molar-refractivity contribution in [2.45, 2.75) is 26.3 Å². The van der Waals surface area contributed by atoms with Crippen LogP contribution in [0.15, 0.2) is 36.4 Å². The summed E-state index contributed by atoms with van der Waals surface area (Å²) in [5, 5.41) is 0. The number of nitrogens with one attached hydrogen (secondary N) is 1. The Kier molecular flexibility index (Phi) is 7.45. The van der Waals surface area contributed by atoms with E-state index in [1.165, 1.54) is 22.5 Å². The summed E-state index contributed by atoms with van der Waals surface area (Å²) >= 11 is 1.46. The number of thiophene rings is 1. The van der Waals surface area contributed by atoms with Crippen molar-refractivity contribution in [3.05, 3.63) is 57.3 Å².